The fraction of sp³-hybridized carbons (Fsp3) is 0.615. The molecule has 3 heterocycles. The van der Waals surface area contributed by atoms with Crippen LogP contribution < -0.4 is 5.32 Å². The average molecular weight is 390 g/mol. The van der Waals surface area contributed by atoms with Gasteiger partial charge >= 0.3 is 0 Å². The normalized spacial score (nSPS) is 22.5. The van der Waals surface area contributed by atoms with Crippen molar-refractivity contribution in [2.45, 2.75) is 24.8 Å². The third-order valence-electron chi connectivity index (χ3n) is 4.17. The number of piperazine rings is 1. The Morgan fingerprint density at radius 3 is 2.91 bits per heavy atom. The van der Waals surface area contributed by atoms with Gasteiger partial charge in [-0.25, -0.2) is 0 Å². The molecule has 7 nitrogen and oxygen atoms in total. The number of aromatic nitrogens is 4. The zero-order valence-electron chi connectivity index (χ0n) is 12.2. The van der Waals surface area contributed by atoms with Gasteiger partial charge in [-0.15, -0.1) is 12.4 Å². The molecule has 1 aliphatic carbocycles. The minimum atomic E-state index is 0. The van der Waals surface area contributed by atoms with Crippen LogP contribution in [0.3, 0.4) is 0 Å². The zero-order valence-corrected chi connectivity index (χ0v) is 14.6. The van der Waals surface area contributed by atoms with Gasteiger partial charge in [0.15, 0.2) is 11.5 Å². The molecule has 120 valence electrons. The average Bonchev–Trinajstić information content (AvgIpc) is 3.08. The van der Waals surface area contributed by atoms with Crippen LogP contribution in [0.4, 0.5) is 0 Å². The molecule has 2 aliphatic rings. The van der Waals surface area contributed by atoms with Gasteiger partial charge in [-0.1, -0.05) is 5.16 Å². The number of nitrogens with one attached hydrogen (secondary N) is 2. The molecule has 1 aliphatic heterocycles. The largest absolute Gasteiger partial charge is 0.332 e. The van der Waals surface area contributed by atoms with Crippen molar-refractivity contribution in [3.63, 3.8) is 0 Å². The lowest BCUT2D eigenvalue weighted by molar-refractivity contribution is 0.190. The molecule has 0 aromatic carbocycles. The number of nitrogens with zero attached hydrogens (tertiary/aromatic N) is 4. The van der Waals surface area contributed by atoms with Gasteiger partial charge in [0.1, 0.15) is 0 Å². The van der Waals surface area contributed by atoms with Gasteiger partial charge in [0.2, 0.25) is 0 Å². The van der Waals surface area contributed by atoms with Crippen LogP contribution >= 0.6 is 28.3 Å². The summed E-state index contributed by atoms with van der Waals surface area (Å²) in [6, 6.07) is 0.150. The number of H-pyrrole nitrogens is 1. The summed E-state index contributed by atoms with van der Waals surface area (Å²) < 4.78 is 6.37. The number of likely N-dealkylation sites (N-methyl/N-ethyl adjacent to an activating group) is 1. The van der Waals surface area contributed by atoms with E-state index in [2.05, 4.69) is 53.5 Å². The van der Waals surface area contributed by atoms with Crippen LogP contribution in [0.5, 0.6) is 0 Å². The maximum absolute atomic E-state index is 5.42. The van der Waals surface area contributed by atoms with E-state index in [4.69, 9.17) is 4.52 Å². The summed E-state index contributed by atoms with van der Waals surface area (Å²) in [5, 5.41) is 14.9. The van der Waals surface area contributed by atoms with Crippen molar-refractivity contribution in [2.75, 3.05) is 26.7 Å². The van der Waals surface area contributed by atoms with E-state index in [9.17, 15) is 0 Å². The first-order chi connectivity index (χ1) is 10.2. The SMILES string of the molecule is CN1CCNCC1c1noc(-c2n[nH]c(C3CC3)c2Br)n1.Cl. The number of hydrogen-bond acceptors (Lipinski definition) is 6. The number of aromatic amines is 1. The molecule has 2 N–H and O–H groups in total. The van der Waals surface area contributed by atoms with Crippen LogP contribution in [0.2, 0.25) is 0 Å². The van der Waals surface area contributed by atoms with Crippen molar-refractivity contribution in [1.82, 2.24) is 30.6 Å². The Kier molecular flexibility index (Phi) is 4.54. The lowest BCUT2D eigenvalue weighted by atomic mass is 10.2. The topological polar surface area (TPSA) is 82.9 Å². The molecule has 1 unspecified atom stereocenters. The third-order valence-corrected chi connectivity index (χ3v) is 4.97. The predicted octanol–water partition coefficient (Wildman–Crippen LogP) is 2.10. The van der Waals surface area contributed by atoms with Crippen LogP contribution in [0, 0.1) is 0 Å². The van der Waals surface area contributed by atoms with Gasteiger partial charge < -0.3 is 9.84 Å². The molecule has 4 rings (SSSR count). The lowest BCUT2D eigenvalue weighted by Crippen LogP contribution is -2.44. The van der Waals surface area contributed by atoms with Crippen LogP contribution in [0.1, 0.15) is 36.3 Å². The summed E-state index contributed by atoms with van der Waals surface area (Å²) in [5.41, 5.74) is 1.85. The molecule has 9 heteroatoms. The molecule has 0 amide bonds. The van der Waals surface area contributed by atoms with Gasteiger partial charge in [-0.05, 0) is 35.8 Å². The summed E-state index contributed by atoms with van der Waals surface area (Å²) in [6.07, 6.45) is 2.43. The van der Waals surface area contributed by atoms with E-state index in [1.165, 1.54) is 12.8 Å². The van der Waals surface area contributed by atoms with Gasteiger partial charge in [0, 0.05) is 25.6 Å². The molecule has 22 heavy (non-hydrogen) atoms. The molecular weight excluding hydrogens is 372 g/mol. The zero-order chi connectivity index (χ0) is 14.4. The summed E-state index contributed by atoms with van der Waals surface area (Å²) >= 11 is 3.60. The highest BCUT2D eigenvalue weighted by atomic mass is 79.9. The van der Waals surface area contributed by atoms with Gasteiger partial charge in [-0.3, -0.25) is 10.00 Å². The fourth-order valence-electron chi connectivity index (χ4n) is 2.69. The second kappa shape index (κ2) is 6.27. The Bertz CT molecular complexity index is 655. The maximum Gasteiger partial charge on any atom is 0.279 e. The predicted molar refractivity (Wildman–Crippen MR) is 87.0 cm³/mol. The first-order valence-electron chi connectivity index (χ1n) is 7.22. The van der Waals surface area contributed by atoms with E-state index in [0.29, 0.717) is 23.3 Å². The molecule has 0 bridgehead atoms. The molecule has 1 atom stereocenters. The minimum absolute atomic E-state index is 0. The molecule has 2 aromatic heterocycles. The molecule has 0 radical (unpaired) electrons. The monoisotopic (exact) mass is 388 g/mol. The van der Waals surface area contributed by atoms with E-state index < -0.39 is 0 Å². The molecule has 1 saturated carbocycles. The molecule has 0 spiro atoms. The maximum atomic E-state index is 5.42. The Balaban J connectivity index is 0.00000144. The summed E-state index contributed by atoms with van der Waals surface area (Å²) in [7, 11) is 2.08. The van der Waals surface area contributed by atoms with E-state index in [1.807, 2.05) is 0 Å². The molecule has 2 aromatic rings. The highest BCUT2D eigenvalue weighted by molar-refractivity contribution is 9.10. The second-order valence-corrected chi connectivity index (χ2v) is 6.53. The summed E-state index contributed by atoms with van der Waals surface area (Å²) in [4.78, 5) is 6.77. The summed E-state index contributed by atoms with van der Waals surface area (Å²) in [6.45, 7) is 2.81. The van der Waals surface area contributed by atoms with Crippen molar-refractivity contribution >= 4 is 28.3 Å². The highest BCUT2D eigenvalue weighted by Gasteiger charge is 2.31. The van der Waals surface area contributed by atoms with Crippen LogP contribution in [-0.4, -0.2) is 51.9 Å². The van der Waals surface area contributed by atoms with E-state index in [-0.39, 0.29) is 18.4 Å². The van der Waals surface area contributed by atoms with Gasteiger partial charge in [-0.2, -0.15) is 10.1 Å². The van der Waals surface area contributed by atoms with Crippen molar-refractivity contribution in [2.24, 2.45) is 0 Å². The number of hydrogen-bond donors (Lipinski definition) is 2. The van der Waals surface area contributed by atoms with Crippen LogP contribution in [0.25, 0.3) is 11.6 Å². The van der Waals surface area contributed by atoms with Crippen molar-refractivity contribution in [3.05, 3.63) is 16.0 Å². The second-order valence-electron chi connectivity index (χ2n) is 5.73. The van der Waals surface area contributed by atoms with Crippen molar-refractivity contribution < 1.29 is 4.52 Å². The first kappa shape index (κ1) is 15.9. The summed E-state index contributed by atoms with van der Waals surface area (Å²) in [5.74, 6) is 1.78. The Morgan fingerprint density at radius 1 is 1.36 bits per heavy atom. The van der Waals surface area contributed by atoms with Crippen LogP contribution in [0.15, 0.2) is 9.00 Å². The van der Waals surface area contributed by atoms with E-state index >= 15 is 0 Å². The fourth-order valence-corrected chi connectivity index (χ4v) is 3.36. The lowest BCUT2D eigenvalue weighted by Gasteiger charge is -2.30. The van der Waals surface area contributed by atoms with Crippen LogP contribution in [-0.2, 0) is 0 Å². The minimum Gasteiger partial charge on any atom is -0.332 e. The molecule has 1 saturated heterocycles. The van der Waals surface area contributed by atoms with Crippen molar-refractivity contribution in [3.8, 4) is 11.6 Å². The first-order valence-corrected chi connectivity index (χ1v) is 8.02. The number of rotatable bonds is 3. The quantitative estimate of drug-likeness (QED) is 0.836. The smallest absolute Gasteiger partial charge is 0.279 e. The van der Waals surface area contributed by atoms with Gasteiger partial charge in [0.05, 0.1) is 16.2 Å². The standard InChI is InChI=1S/C13H17BrN6O.ClH/c1-20-5-4-15-6-8(20)12-16-13(21-19-12)11-9(14)10(17-18-11)7-2-3-7;/h7-8,15H,2-6H2,1H3,(H,17,18);1H. The Hall–Kier alpha value is -0.960. The Morgan fingerprint density at radius 2 is 2.18 bits per heavy atom. The Labute approximate surface area is 142 Å². The highest BCUT2D eigenvalue weighted by Crippen LogP contribution is 2.44. The van der Waals surface area contributed by atoms with Gasteiger partial charge in [0.25, 0.3) is 5.89 Å². The number of halogens is 2. The van der Waals surface area contributed by atoms with Crippen molar-refractivity contribution in [1.29, 1.82) is 0 Å². The van der Waals surface area contributed by atoms with E-state index in [1.54, 1.807) is 0 Å². The third kappa shape index (κ3) is 2.80. The van der Waals surface area contributed by atoms with E-state index in [0.717, 1.165) is 29.8 Å². The molecular formula is C13H18BrClN6O. The molecule has 2 fully saturated rings.